The lowest BCUT2D eigenvalue weighted by Gasteiger charge is -2.30. The molecule has 0 radical (unpaired) electrons. The zero-order valence-corrected chi connectivity index (χ0v) is 19.5. The van der Waals surface area contributed by atoms with Crippen LogP contribution in [0.2, 0.25) is 0 Å². The summed E-state index contributed by atoms with van der Waals surface area (Å²) in [5, 5.41) is 5.25. The molecule has 0 N–H and O–H groups in total. The van der Waals surface area contributed by atoms with E-state index in [2.05, 4.69) is 100 Å². The zero-order valence-electron chi connectivity index (χ0n) is 19.5. The molecular formula is C32H19BN2O. The van der Waals surface area contributed by atoms with Gasteiger partial charge in [0.25, 0.3) is 6.71 Å². The van der Waals surface area contributed by atoms with Crippen molar-refractivity contribution in [2.24, 2.45) is 0 Å². The van der Waals surface area contributed by atoms with E-state index >= 15 is 0 Å². The van der Waals surface area contributed by atoms with Gasteiger partial charge in [-0.3, -0.25) is 0 Å². The molecule has 166 valence electrons. The van der Waals surface area contributed by atoms with E-state index in [1.165, 1.54) is 71.7 Å². The molecule has 36 heavy (non-hydrogen) atoms. The third-order valence-corrected chi connectivity index (χ3v) is 8.76. The molecule has 4 aromatic carbocycles. The number of allylic oxidation sites excluding steroid dienone is 1. The minimum Gasteiger partial charge on any atom is -0.468 e. The summed E-state index contributed by atoms with van der Waals surface area (Å²) in [5.41, 5.74) is 14.0. The fraction of sp³-hybridized carbons (Fsp3) is 0.0625. The van der Waals surface area contributed by atoms with E-state index in [9.17, 15) is 0 Å². The number of fused-ring (bicyclic) bond motifs is 14. The van der Waals surface area contributed by atoms with Crippen LogP contribution in [0.4, 0.5) is 0 Å². The lowest BCUT2D eigenvalue weighted by Crippen LogP contribution is -2.58. The van der Waals surface area contributed by atoms with Crippen molar-refractivity contribution in [2.75, 3.05) is 0 Å². The first kappa shape index (κ1) is 17.9. The summed E-state index contributed by atoms with van der Waals surface area (Å²) in [6.45, 7) is 0.0689. The Hall–Kier alpha value is -4.44. The van der Waals surface area contributed by atoms with Crippen LogP contribution in [0, 0.1) is 0 Å². The molecule has 3 aromatic heterocycles. The number of nitrogens with zero attached hydrogens (tertiary/aromatic N) is 2. The van der Waals surface area contributed by atoms with Gasteiger partial charge in [0.05, 0.1) is 27.9 Å². The molecule has 1 aliphatic carbocycles. The highest BCUT2D eigenvalue weighted by atomic mass is 16.3. The molecule has 0 saturated heterocycles. The Kier molecular flexibility index (Phi) is 2.91. The molecule has 5 heterocycles. The van der Waals surface area contributed by atoms with Crippen molar-refractivity contribution >= 4 is 73.1 Å². The monoisotopic (exact) mass is 458 g/mol. The van der Waals surface area contributed by atoms with Gasteiger partial charge in [-0.05, 0) is 65.7 Å². The number of rotatable bonds is 0. The largest absolute Gasteiger partial charge is 0.468 e. The second kappa shape index (κ2) is 5.85. The molecule has 0 amide bonds. The van der Waals surface area contributed by atoms with Gasteiger partial charge in [0.2, 0.25) is 0 Å². The van der Waals surface area contributed by atoms with Crippen LogP contribution in [0.5, 0.6) is 0 Å². The quantitative estimate of drug-likeness (QED) is 0.272. The minimum atomic E-state index is 0.0689. The average molecular weight is 458 g/mol. The highest BCUT2D eigenvalue weighted by Gasteiger charge is 2.44. The molecule has 0 saturated carbocycles. The third kappa shape index (κ3) is 1.81. The van der Waals surface area contributed by atoms with Crippen molar-refractivity contribution in [3.63, 3.8) is 0 Å². The number of aromatic nitrogens is 2. The Bertz CT molecular complexity index is 2170. The topological polar surface area (TPSA) is 23.0 Å². The summed E-state index contributed by atoms with van der Waals surface area (Å²) in [7, 11) is 0. The Morgan fingerprint density at radius 1 is 0.750 bits per heavy atom. The van der Waals surface area contributed by atoms with Crippen LogP contribution in [-0.4, -0.2) is 15.8 Å². The highest BCUT2D eigenvalue weighted by Crippen LogP contribution is 2.43. The molecule has 4 heteroatoms. The van der Waals surface area contributed by atoms with Gasteiger partial charge < -0.3 is 13.6 Å². The number of benzene rings is 4. The SMILES string of the molecule is C1=Cc2c(c3cc4c5ccccc5n5c4c4c3n2-c2ccccc2B4c2oc3ccccc3c2-5)CC1. The van der Waals surface area contributed by atoms with Crippen molar-refractivity contribution < 1.29 is 4.42 Å². The van der Waals surface area contributed by atoms with Crippen LogP contribution in [0.15, 0.2) is 89.4 Å². The Morgan fingerprint density at radius 2 is 1.56 bits per heavy atom. The van der Waals surface area contributed by atoms with E-state index in [1.807, 2.05) is 0 Å². The van der Waals surface area contributed by atoms with E-state index in [-0.39, 0.29) is 6.71 Å². The van der Waals surface area contributed by atoms with E-state index in [0.29, 0.717) is 0 Å². The van der Waals surface area contributed by atoms with E-state index in [4.69, 9.17) is 4.42 Å². The van der Waals surface area contributed by atoms with E-state index in [1.54, 1.807) is 0 Å². The van der Waals surface area contributed by atoms with Crippen LogP contribution < -0.4 is 16.6 Å². The fourth-order valence-corrected chi connectivity index (χ4v) is 7.47. The number of hydrogen-bond donors (Lipinski definition) is 0. The van der Waals surface area contributed by atoms with Crippen molar-refractivity contribution in [2.45, 2.75) is 12.8 Å². The molecule has 0 bridgehead atoms. The first-order valence-corrected chi connectivity index (χ1v) is 12.8. The molecule has 3 nitrogen and oxygen atoms in total. The molecule has 7 aromatic rings. The number of hydrogen-bond acceptors (Lipinski definition) is 1. The second-order valence-corrected chi connectivity index (χ2v) is 10.4. The maximum atomic E-state index is 6.79. The minimum absolute atomic E-state index is 0.0689. The van der Waals surface area contributed by atoms with Crippen LogP contribution >= 0.6 is 0 Å². The maximum Gasteiger partial charge on any atom is 0.297 e. The smallest absolute Gasteiger partial charge is 0.297 e. The highest BCUT2D eigenvalue weighted by molar-refractivity contribution is 7.00. The molecular weight excluding hydrogens is 439 g/mol. The number of aryl methyl sites for hydroxylation is 1. The lowest BCUT2D eigenvalue weighted by atomic mass is 9.36. The zero-order chi connectivity index (χ0) is 23.1. The normalized spacial score (nSPS) is 14.8. The number of para-hydroxylation sites is 3. The van der Waals surface area contributed by atoms with Crippen molar-refractivity contribution in [1.82, 2.24) is 9.13 Å². The summed E-state index contributed by atoms with van der Waals surface area (Å²) in [4.78, 5) is 0. The van der Waals surface area contributed by atoms with E-state index in [0.717, 1.165) is 24.1 Å². The van der Waals surface area contributed by atoms with Gasteiger partial charge in [0, 0.05) is 32.9 Å². The molecule has 0 spiro atoms. The average Bonchev–Trinajstić information content (AvgIpc) is 3.58. The fourth-order valence-electron chi connectivity index (χ4n) is 7.47. The Morgan fingerprint density at radius 3 is 2.53 bits per heavy atom. The van der Waals surface area contributed by atoms with Crippen LogP contribution in [0.3, 0.4) is 0 Å². The van der Waals surface area contributed by atoms with Gasteiger partial charge in [-0.15, -0.1) is 0 Å². The third-order valence-electron chi connectivity index (χ3n) is 8.76. The first-order valence-electron chi connectivity index (χ1n) is 12.8. The summed E-state index contributed by atoms with van der Waals surface area (Å²) in [5.74, 6) is 0. The Labute approximate surface area is 206 Å². The van der Waals surface area contributed by atoms with Crippen molar-refractivity contribution in [1.29, 1.82) is 0 Å². The van der Waals surface area contributed by atoms with Crippen molar-refractivity contribution in [3.05, 3.63) is 96.2 Å². The van der Waals surface area contributed by atoms with Gasteiger partial charge in [0.1, 0.15) is 5.58 Å². The van der Waals surface area contributed by atoms with Crippen LogP contribution in [-0.2, 0) is 6.42 Å². The van der Waals surface area contributed by atoms with Gasteiger partial charge >= 0.3 is 0 Å². The molecule has 0 fully saturated rings. The summed E-state index contributed by atoms with van der Waals surface area (Å²) >= 11 is 0. The standard InChI is InChI=1S/C32H19BN2O/c1-5-13-24-18(9-1)21-17-22-19-10-2-6-14-25(19)35-30(22)28-29(21)34(24)26-15-7-4-12-23(26)33(28)32-31(35)20-11-3-8-16-27(20)36-32/h2-8,10-17H,1,9H2. The lowest BCUT2D eigenvalue weighted by molar-refractivity contribution is 0.649. The van der Waals surface area contributed by atoms with Gasteiger partial charge in [0.15, 0.2) is 0 Å². The molecule has 0 atom stereocenters. The number of furan rings is 1. The summed E-state index contributed by atoms with van der Waals surface area (Å²) < 4.78 is 11.8. The second-order valence-electron chi connectivity index (χ2n) is 10.4. The molecule has 0 unspecified atom stereocenters. The van der Waals surface area contributed by atoms with Crippen LogP contribution in [0.1, 0.15) is 17.7 Å². The van der Waals surface area contributed by atoms with Gasteiger partial charge in [-0.2, -0.15) is 0 Å². The molecule has 2 aliphatic heterocycles. The predicted molar refractivity (Wildman–Crippen MR) is 149 cm³/mol. The molecule has 10 rings (SSSR count). The van der Waals surface area contributed by atoms with E-state index < -0.39 is 0 Å². The first-order chi connectivity index (χ1) is 17.9. The predicted octanol–water partition coefficient (Wildman–Crippen LogP) is 5.58. The maximum absolute atomic E-state index is 6.79. The van der Waals surface area contributed by atoms with Gasteiger partial charge in [-0.25, -0.2) is 0 Å². The van der Waals surface area contributed by atoms with Crippen molar-refractivity contribution in [3.8, 4) is 11.4 Å². The van der Waals surface area contributed by atoms with Crippen LogP contribution in [0.25, 0.3) is 61.1 Å². The summed E-state index contributed by atoms with van der Waals surface area (Å²) in [6.07, 6.45) is 6.86. The Balaban J connectivity index is 1.57. The summed E-state index contributed by atoms with van der Waals surface area (Å²) in [6, 6.07) is 28.8. The van der Waals surface area contributed by atoms with Gasteiger partial charge in [-0.1, -0.05) is 54.6 Å². The molecule has 3 aliphatic rings.